The van der Waals surface area contributed by atoms with Crippen LogP contribution in [-0.2, 0) is 14.8 Å². The smallest absolute Gasteiger partial charge is 0.245 e. The van der Waals surface area contributed by atoms with Crippen molar-refractivity contribution in [1.82, 2.24) is 9.29 Å². The van der Waals surface area contributed by atoms with Gasteiger partial charge in [-0.3, -0.25) is 4.98 Å². The number of aromatic nitrogens is 1. The van der Waals surface area contributed by atoms with Crippen molar-refractivity contribution in [3.05, 3.63) is 23.7 Å². The van der Waals surface area contributed by atoms with Gasteiger partial charge in [0.15, 0.2) is 0 Å². The van der Waals surface area contributed by atoms with Crippen molar-refractivity contribution in [1.29, 1.82) is 0 Å². The zero-order valence-corrected chi connectivity index (χ0v) is 13.2. The van der Waals surface area contributed by atoms with E-state index in [1.807, 2.05) is 11.4 Å². The molecule has 0 saturated carbocycles. The van der Waals surface area contributed by atoms with Crippen molar-refractivity contribution in [2.24, 2.45) is 0 Å². The number of likely N-dealkylation sites (N-methyl/N-ethyl adjacent to an activating group) is 1. The van der Waals surface area contributed by atoms with Crippen LogP contribution >= 0.6 is 11.3 Å². The number of hydrogen-bond donors (Lipinski definition) is 1. The van der Waals surface area contributed by atoms with E-state index in [1.54, 1.807) is 6.07 Å². The van der Waals surface area contributed by atoms with E-state index in [0.29, 0.717) is 13.0 Å². The molecule has 8 heteroatoms. The SMILES string of the molecule is CN(C1(CO)CCOC1)S(=O)(=O)c1cnc2ccsc2c1. The maximum atomic E-state index is 12.8. The molecule has 1 atom stereocenters. The topological polar surface area (TPSA) is 79.7 Å². The van der Waals surface area contributed by atoms with Crippen molar-refractivity contribution in [3.63, 3.8) is 0 Å². The molecular weight excluding hydrogens is 312 g/mol. The summed E-state index contributed by atoms with van der Waals surface area (Å²) in [6.07, 6.45) is 1.84. The molecule has 0 aliphatic carbocycles. The highest BCUT2D eigenvalue weighted by atomic mass is 32.2. The fourth-order valence-corrected chi connectivity index (χ4v) is 4.79. The Morgan fingerprint density at radius 2 is 2.38 bits per heavy atom. The number of thiophene rings is 1. The lowest BCUT2D eigenvalue weighted by Crippen LogP contribution is -2.52. The summed E-state index contributed by atoms with van der Waals surface area (Å²) in [5, 5.41) is 11.5. The number of rotatable bonds is 4. The molecule has 114 valence electrons. The minimum absolute atomic E-state index is 0.139. The Morgan fingerprint density at radius 3 is 3.05 bits per heavy atom. The Morgan fingerprint density at radius 1 is 1.57 bits per heavy atom. The molecule has 6 nitrogen and oxygen atoms in total. The number of nitrogens with zero attached hydrogens (tertiary/aromatic N) is 2. The minimum Gasteiger partial charge on any atom is -0.394 e. The first kappa shape index (κ1) is 14.9. The van der Waals surface area contributed by atoms with Gasteiger partial charge < -0.3 is 9.84 Å². The van der Waals surface area contributed by atoms with E-state index in [0.717, 1.165) is 10.2 Å². The van der Waals surface area contributed by atoms with Crippen molar-refractivity contribution >= 4 is 31.6 Å². The second-order valence-corrected chi connectivity index (χ2v) is 8.05. The van der Waals surface area contributed by atoms with Gasteiger partial charge in [0.05, 0.1) is 29.0 Å². The van der Waals surface area contributed by atoms with Gasteiger partial charge in [-0.1, -0.05) is 0 Å². The van der Waals surface area contributed by atoms with Crippen LogP contribution in [0.5, 0.6) is 0 Å². The number of hydrogen-bond acceptors (Lipinski definition) is 6. The maximum absolute atomic E-state index is 12.8. The van der Waals surface area contributed by atoms with Gasteiger partial charge >= 0.3 is 0 Å². The zero-order valence-electron chi connectivity index (χ0n) is 11.5. The molecule has 2 aromatic heterocycles. The molecule has 0 amide bonds. The summed E-state index contributed by atoms with van der Waals surface area (Å²) in [7, 11) is -2.24. The van der Waals surface area contributed by atoms with Crippen molar-refractivity contribution < 1.29 is 18.3 Å². The highest BCUT2D eigenvalue weighted by molar-refractivity contribution is 7.89. The second kappa shape index (κ2) is 5.29. The van der Waals surface area contributed by atoms with E-state index >= 15 is 0 Å². The van der Waals surface area contributed by atoms with Crippen molar-refractivity contribution in [3.8, 4) is 0 Å². The van der Waals surface area contributed by atoms with Gasteiger partial charge in [-0.2, -0.15) is 4.31 Å². The van der Waals surface area contributed by atoms with Gasteiger partial charge in [-0.05, 0) is 23.9 Å². The van der Waals surface area contributed by atoms with E-state index in [1.165, 1.54) is 28.9 Å². The summed E-state index contributed by atoms with van der Waals surface area (Å²) < 4.78 is 32.9. The largest absolute Gasteiger partial charge is 0.394 e. The zero-order chi connectivity index (χ0) is 15.1. The molecule has 0 bridgehead atoms. The third kappa shape index (κ3) is 2.36. The summed E-state index contributed by atoms with van der Waals surface area (Å²) in [5.74, 6) is 0. The molecule has 3 heterocycles. The normalized spacial score (nSPS) is 23.2. The van der Waals surface area contributed by atoms with Crippen molar-refractivity contribution in [2.45, 2.75) is 16.9 Å². The average Bonchev–Trinajstić information content (AvgIpc) is 3.15. The van der Waals surface area contributed by atoms with Crippen LogP contribution in [0, 0.1) is 0 Å². The monoisotopic (exact) mass is 328 g/mol. The summed E-state index contributed by atoms with van der Waals surface area (Å²) >= 11 is 1.45. The molecule has 0 radical (unpaired) electrons. The molecular formula is C13H16N2O4S2. The first-order chi connectivity index (χ1) is 9.99. The summed E-state index contributed by atoms with van der Waals surface area (Å²) in [5.41, 5.74) is -0.105. The van der Waals surface area contributed by atoms with Gasteiger partial charge in [0.1, 0.15) is 4.90 Å². The summed E-state index contributed by atoms with van der Waals surface area (Å²) in [6.45, 7) is 0.383. The molecule has 1 saturated heterocycles. The third-order valence-corrected chi connectivity index (χ3v) is 6.76. The maximum Gasteiger partial charge on any atom is 0.245 e. The standard InChI is InChI=1S/C13H16N2O4S2/c1-15(13(8-16)3-4-19-9-13)21(17,18)10-6-12-11(14-7-10)2-5-20-12/h2,5-7,16H,3-4,8-9H2,1H3. The van der Waals surface area contributed by atoms with Gasteiger partial charge in [-0.25, -0.2) is 8.42 Å². The Labute approximate surface area is 127 Å². The van der Waals surface area contributed by atoms with Gasteiger partial charge in [0.2, 0.25) is 10.0 Å². The van der Waals surface area contributed by atoms with E-state index < -0.39 is 15.6 Å². The molecule has 1 unspecified atom stereocenters. The lowest BCUT2D eigenvalue weighted by atomic mass is 10.0. The molecule has 3 rings (SSSR count). The molecule has 1 N–H and O–H groups in total. The van der Waals surface area contributed by atoms with Crippen LogP contribution in [0.2, 0.25) is 0 Å². The van der Waals surface area contributed by atoms with E-state index in [4.69, 9.17) is 4.74 Å². The first-order valence-electron chi connectivity index (χ1n) is 6.50. The highest BCUT2D eigenvalue weighted by Crippen LogP contribution is 2.31. The average molecular weight is 328 g/mol. The summed E-state index contributed by atoms with van der Waals surface area (Å²) in [4.78, 5) is 4.31. The molecule has 21 heavy (non-hydrogen) atoms. The summed E-state index contributed by atoms with van der Waals surface area (Å²) in [6, 6.07) is 3.47. The number of ether oxygens (including phenoxy) is 1. The molecule has 2 aromatic rings. The van der Waals surface area contributed by atoms with E-state index in [9.17, 15) is 13.5 Å². The van der Waals surface area contributed by atoms with Gasteiger partial charge in [0.25, 0.3) is 0 Å². The van der Waals surface area contributed by atoms with Crippen LogP contribution in [0.4, 0.5) is 0 Å². The lowest BCUT2D eigenvalue weighted by molar-refractivity contribution is 0.0823. The minimum atomic E-state index is -3.72. The van der Waals surface area contributed by atoms with Crippen LogP contribution in [0.25, 0.3) is 10.2 Å². The second-order valence-electron chi connectivity index (χ2n) is 5.13. The fraction of sp³-hybridized carbons (Fsp3) is 0.462. The Bertz CT molecular complexity index is 750. The predicted octanol–water partition coefficient (Wildman–Crippen LogP) is 1.07. The molecule has 1 aliphatic heterocycles. The third-order valence-electron chi connectivity index (χ3n) is 3.98. The van der Waals surface area contributed by atoms with Crippen LogP contribution in [0.3, 0.4) is 0 Å². The Kier molecular flexibility index (Phi) is 3.74. The molecule has 0 spiro atoms. The van der Waals surface area contributed by atoms with Crippen LogP contribution < -0.4 is 0 Å². The Hall–Kier alpha value is -1.06. The molecule has 1 aliphatic rings. The number of aliphatic hydroxyl groups is 1. The number of pyridine rings is 1. The molecule has 0 aromatic carbocycles. The fourth-order valence-electron chi connectivity index (χ4n) is 2.45. The number of fused-ring (bicyclic) bond motifs is 1. The van der Waals surface area contributed by atoms with Crippen molar-refractivity contribution in [2.75, 3.05) is 26.9 Å². The van der Waals surface area contributed by atoms with Gasteiger partial charge in [-0.15, -0.1) is 11.3 Å². The number of sulfonamides is 1. The quantitative estimate of drug-likeness (QED) is 0.908. The van der Waals surface area contributed by atoms with Gasteiger partial charge in [0, 0.05) is 19.9 Å². The van der Waals surface area contributed by atoms with Crippen LogP contribution in [0.1, 0.15) is 6.42 Å². The number of aliphatic hydroxyl groups excluding tert-OH is 1. The first-order valence-corrected chi connectivity index (χ1v) is 8.82. The van der Waals surface area contributed by atoms with Crippen LogP contribution in [0.15, 0.2) is 28.6 Å². The van der Waals surface area contributed by atoms with E-state index in [2.05, 4.69) is 4.98 Å². The highest BCUT2D eigenvalue weighted by Gasteiger charge is 2.44. The molecule has 1 fully saturated rings. The predicted molar refractivity (Wildman–Crippen MR) is 79.8 cm³/mol. The Balaban J connectivity index is 2.02. The lowest BCUT2D eigenvalue weighted by Gasteiger charge is -2.34. The van der Waals surface area contributed by atoms with Crippen LogP contribution in [-0.4, -0.2) is 55.2 Å². The van der Waals surface area contributed by atoms with E-state index in [-0.39, 0.29) is 18.1 Å².